The van der Waals surface area contributed by atoms with E-state index in [0.717, 1.165) is 51.0 Å². The van der Waals surface area contributed by atoms with Gasteiger partial charge in [-0.1, -0.05) is 0 Å². The molecule has 9 nitrogen and oxygen atoms in total. The number of alkyl halides is 1. The first-order valence-corrected chi connectivity index (χ1v) is 12.1. The van der Waals surface area contributed by atoms with Gasteiger partial charge in [0.1, 0.15) is 5.69 Å². The monoisotopic (exact) mass is 512 g/mol. The van der Waals surface area contributed by atoms with Crippen LogP contribution < -0.4 is 24.4 Å². The van der Waals surface area contributed by atoms with E-state index in [9.17, 15) is 4.79 Å². The van der Waals surface area contributed by atoms with E-state index in [-0.39, 0.29) is 5.92 Å². The number of esters is 1. The predicted octanol–water partition coefficient (Wildman–Crippen LogP) is 4.85. The fourth-order valence-corrected chi connectivity index (χ4v) is 5.49. The number of aromatic amines is 2. The summed E-state index contributed by atoms with van der Waals surface area (Å²) in [6.45, 7) is 1.38. The van der Waals surface area contributed by atoms with Crippen LogP contribution in [-0.4, -0.2) is 63.8 Å². The van der Waals surface area contributed by atoms with E-state index in [4.69, 9.17) is 30.5 Å². The Morgan fingerprint density at radius 1 is 1.06 bits per heavy atom. The summed E-state index contributed by atoms with van der Waals surface area (Å²) in [6, 6.07) is 8.00. The summed E-state index contributed by atoms with van der Waals surface area (Å²) < 4.78 is 21.6. The molecule has 0 amide bonds. The zero-order valence-electron chi connectivity index (χ0n) is 20.9. The molecule has 1 aliphatic heterocycles. The van der Waals surface area contributed by atoms with E-state index in [0.29, 0.717) is 35.4 Å². The Balaban J connectivity index is 1.60. The second kappa shape index (κ2) is 9.39. The van der Waals surface area contributed by atoms with Gasteiger partial charge in [-0.05, 0) is 29.8 Å². The maximum absolute atomic E-state index is 12.2. The number of nitrogens with one attached hydrogen (secondary N) is 3. The van der Waals surface area contributed by atoms with Gasteiger partial charge < -0.3 is 39.1 Å². The van der Waals surface area contributed by atoms with Crippen molar-refractivity contribution in [3.05, 3.63) is 41.2 Å². The molecule has 1 aliphatic rings. The number of ether oxygens (including phenoxy) is 4. The normalized spacial score (nSPS) is 14.8. The van der Waals surface area contributed by atoms with Crippen LogP contribution in [0.4, 0.5) is 11.4 Å². The lowest BCUT2D eigenvalue weighted by Gasteiger charge is -2.20. The smallest absolute Gasteiger partial charge is 0.354 e. The summed E-state index contributed by atoms with van der Waals surface area (Å²) in [5, 5.41) is 5.19. The van der Waals surface area contributed by atoms with Crippen molar-refractivity contribution in [2.75, 3.05) is 58.1 Å². The number of nitrogens with zero attached hydrogens (tertiary/aromatic N) is 1. The van der Waals surface area contributed by atoms with Crippen LogP contribution >= 0.6 is 11.6 Å². The van der Waals surface area contributed by atoms with Gasteiger partial charge in [0.05, 0.1) is 51.7 Å². The number of benzene rings is 2. The number of carbonyl (C=O) groups excluding carboxylic acids is 1. The van der Waals surface area contributed by atoms with Gasteiger partial charge in [0.2, 0.25) is 5.75 Å². The minimum absolute atomic E-state index is 0.107. The fourth-order valence-electron chi connectivity index (χ4n) is 5.24. The van der Waals surface area contributed by atoms with E-state index in [2.05, 4.69) is 32.3 Å². The molecule has 2 aromatic carbocycles. The average molecular weight is 513 g/mol. The number of halogens is 1. The Hall–Kier alpha value is -3.72. The van der Waals surface area contributed by atoms with Crippen LogP contribution in [0.1, 0.15) is 27.7 Å². The van der Waals surface area contributed by atoms with Gasteiger partial charge in [0.25, 0.3) is 0 Å². The SMILES string of the molecule is CNc1cc2c(c3cc(C(=O)OC)[nH]c13)C(CCl)CN2Cc1cc2cc(OC)c(OC)c(OC)c2[nH]1. The Bertz CT molecular complexity index is 1460. The van der Waals surface area contributed by atoms with Crippen molar-refractivity contribution >= 4 is 50.8 Å². The van der Waals surface area contributed by atoms with E-state index >= 15 is 0 Å². The zero-order valence-corrected chi connectivity index (χ0v) is 21.6. The molecule has 2 aromatic heterocycles. The van der Waals surface area contributed by atoms with Gasteiger partial charge in [0, 0.05) is 47.5 Å². The molecule has 0 saturated carbocycles. The summed E-state index contributed by atoms with van der Waals surface area (Å²) in [5.74, 6) is 1.92. The number of anilines is 2. The molecule has 1 atom stereocenters. The molecule has 3 N–H and O–H groups in total. The third-order valence-corrected chi connectivity index (χ3v) is 7.19. The molecule has 36 heavy (non-hydrogen) atoms. The van der Waals surface area contributed by atoms with Crippen LogP contribution in [0, 0.1) is 0 Å². The number of carbonyl (C=O) groups is 1. The summed E-state index contributed by atoms with van der Waals surface area (Å²) in [6.07, 6.45) is 0. The lowest BCUT2D eigenvalue weighted by Crippen LogP contribution is -2.21. The lowest BCUT2D eigenvalue weighted by molar-refractivity contribution is 0.0595. The quantitative estimate of drug-likeness (QED) is 0.229. The van der Waals surface area contributed by atoms with E-state index in [1.165, 1.54) is 7.11 Å². The highest BCUT2D eigenvalue weighted by Crippen LogP contribution is 2.46. The molecular weight excluding hydrogens is 484 g/mol. The fraction of sp³-hybridized carbons (Fsp3) is 0.346. The summed E-state index contributed by atoms with van der Waals surface area (Å²) in [4.78, 5) is 21.3. The van der Waals surface area contributed by atoms with Gasteiger partial charge in [-0.2, -0.15) is 0 Å². The van der Waals surface area contributed by atoms with Gasteiger partial charge in [0.15, 0.2) is 11.5 Å². The van der Waals surface area contributed by atoms with Crippen LogP contribution in [0.2, 0.25) is 0 Å². The molecule has 0 saturated heterocycles. The molecule has 10 heteroatoms. The summed E-state index contributed by atoms with van der Waals surface area (Å²) >= 11 is 6.45. The molecule has 0 bridgehead atoms. The molecule has 190 valence electrons. The van der Waals surface area contributed by atoms with Gasteiger partial charge >= 0.3 is 5.97 Å². The number of hydrogen-bond donors (Lipinski definition) is 3. The van der Waals surface area contributed by atoms with Crippen molar-refractivity contribution in [1.29, 1.82) is 0 Å². The number of hydrogen-bond acceptors (Lipinski definition) is 7. The van der Waals surface area contributed by atoms with Crippen molar-refractivity contribution in [3.63, 3.8) is 0 Å². The summed E-state index contributed by atoms with van der Waals surface area (Å²) in [5.41, 5.74) is 6.23. The minimum atomic E-state index is -0.405. The van der Waals surface area contributed by atoms with Gasteiger partial charge in [-0.25, -0.2) is 4.79 Å². The highest BCUT2D eigenvalue weighted by molar-refractivity contribution is 6.19. The third-order valence-electron chi connectivity index (χ3n) is 6.82. The number of methoxy groups -OCH3 is 4. The average Bonchev–Trinajstić information content (AvgIpc) is 3.61. The van der Waals surface area contributed by atoms with Crippen LogP contribution in [0.25, 0.3) is 21.8 Å². The Kier molecular flexibility index (Phi) is 6.26. The van der Waals surface area contributed by atoms with Crippen molar-refractivity contribution < 1.29 is 23.7 Å². The molecule has 0 spiro atoms. The zero-order chi connectivity index (χ0) is 25.6. The first kappa shape index (κ1) is 24.0. The first-order valence-electron chi connectivity index (χ1n) is 11.5. The molecule has 0 aliphatic carbocycles. The number of fused-ring (bicyclic) bond motifs is 4. The van der Waals surface area contributed by atoms with E-state index in [1.807, 2.05) is 19.2 Å². The highest BCUT2D eigenvalue weighted by atomic mass is 35.5. The summed E-state index contributed by atoms with van der Waals surface area (Å²) in [7, 11) is 8.06. The lowest BCUT2D eigenvalue weighted by atomic mass is 9.98. The molecule has 0 fully saturated rings. The van der Waals surface area contributed by atoms with Crippen molar-refractivity contribution in [2.24, 2.45) is 0 Å². The van der Waals surface area contributed by atoms with Gasteiger partial charge in [-0.3, -0.25) is 0 Å². The maximum Gasteiger partial charge on any atom is 0.354 e. The second-order valence-corrected chi connectivity index (χ2v) is 9.01. The van der Waals surface area contributed by atoms with Crippen LogP contribution in [0.3, 0.4) is 0 Å². The Morgan fingerprint density at radius 3 is 2.47 bits per heavy atom. The largest absolute Gasteiger partial charge is 0.493 e. The first-order chi connectivity index (χ1) is 17.5. The topological polar surface area (TPSA) is 101 Å². The molecular formula is C26H29ClN4O5. The highest BCUT2D eigenvalue weighted by Gasteiger charge is 2.32. The van der Waals surface area contributed by atoms with Crippen molar-refractivity contribution in [3.8, 4) is 17.2 Å². The number of aromatic nitrogens is 2. The standard InChI is InChI=1S/C26H29ClN4O5/c1-28-17-9-19-21(16-8-18(26(32)36-5)30-23(16)17)14(10-27)11-31(19)12-15-6-13-7-20(33-2)24(34-3)25(35-4)22(13)29-15/h6-9,14,28-30H,10-12H2,1-5H3. The molecule has 1 unspecified atom stereocenters. The second-order valence-electron chi connectivity index (χ2n) is 8.71. The van der Waals surface area contributed by atoms with Crippen LogP contribution in [-0.2, 0) is 11.3 Å². The number of H-pyrrole nitrogens is 2. The maximum atomic E-state index is 12.2. The minimum Gasteiger partial charge on any atom is -0.493 e. The predicted molar refractivity (Wildman–Crippen MR) is 142 cm³/mol. The van der Waals surface area contributed by atoms with Crippen molar-refractivity contribution in [1.82, 2.24) is 9.97 Å². The van der Waals surface area contributed by atoms with E-state index in [1.54, 1.807) is 21.3 Å². The van der Waals surface area contributed by atoms with Crippen LogP contribution in [0.15, 0.2) is 24.3 Å². The van der Waals surface area contributed by atoms with Crippen LogP contribution in [0.5, 0.6) is 17.2 Å². The molecule has 5 rings (SSSR count). The van der Waals surface area contributed by atoms with E-state index < -0.39 is 5.97 Å². The Labute approximate surface area is 213 Å². The molecule has 0 radical (unpaired) electrons. The third kappa shape index (κ3) is 3.65. The molecule has 4 aromatic rings. The molecule has 3 heterocycles. The Morgan fingerprint density at radius 2 is 1.83 bits per heavy atom. The number of rotatable bonds is 8. The van der Waals surface area contributed by atoms with Gasteiger partial charge in [-0.15, -0.1) is 11.6 Å². The van der Waals surface area contributed by atoms with Crippen molar-refractivity contribution in [2.45, 2.75) is 12.5 Å².